The highest BCUT2D eigenvalue weighted by atomic mass is 35.5. The summed E-state index contributed by atoms with van der Waals surface area (Å²) in [5.74, 6) is 0. The fourth-order valence-electron chi connectivity index (χ4n) is 1.49. The van der Waals surface area contributed by atoms with Gasteiger partial charge in [-0.3, -0.25) is 0 Å². The zero-order valence-corrected chi connectivity index (χ0v) is 11.4. The summed E-state index contributed by atoms with van der Waals surface area (Å²) in [5.41, 5.74) is -1.10. The molecule has 9 heteroatoms. The van der Waals surface area contributed by atoms with Crippen molar-refractivity contribution in [2.24, 2.45) is 0 Å². The summed E-state index contributed by atoms with van der Waals surface area (Å²) in [5, 5.41) is 2.45. The van der Waals surface area contributed by atoms with Gasteiger partial charge < -0.3 is 10.1 Å². The van der Waals surface area contributed by atoms with Crippen molar-refractivity contribution < 1.29 is 31.1 Å². The lowest BCUT2D eigenvalue weighted by Gasteiger charge is -2.15. The summed E-state index contributed by atoms with van der Waals surface area (Å²) in [6.45, 7) is -1.54. The maximum Gasteiger partial charge on any atom is 0.418 e. The molecule has 0 atom stereocenters. The lowest BCUT2D eigenvalue weighted by atomic mass is 10.1. The van der Waals surface area contributed by atoms with Crippen molar-refractivity contribution in [1.29, 1.82) is 0 Å². The van der Waals surface area contributed by atoms with Crippen LogP contribution in [-0.4, -0.2) is 25.9 Å². The second-order valence-corrected chi connectivity index (χ2v) is 4.57. The number of hydrogen-bond acceptors (Lipinski definition) is 2. The first-order chi connectivity index (χ1) is 9.59. The number of anilines is 1. The second kappa shape index (κ2) is 7.22. The Morgan fingerprint density at radius 2 is 1.76 bits per heavy atom. The first kappa shape index (κ1) is 17.9. The van der Waals surface area contributed by atoms with Crippen molar-refractivity contribution in [3.05, 3.63) is 28.8 Å². The monoisotopic (exact) mass is 335 g/mol. The SMILES string of the molecule is FC(F)(F)COCCCNc1ccc(Cl)cc1C(F)(F)F. The number of alkyl halides is 6. The third kappa shape index (κ3) is 6.90. The number of nitrogens with one attached hydrogen (secondary N) is 1. The molecule has 0 bridgehead atoms. The van der Waals surface area contributed by atoms with E-state index in [4.69, 9.17) is 11.6 Å². The van der Waals surface area contributed by atoms with E-state index in [1.54, 1.807) is 0 Å². The molecule has 1 rings (SSSR count). The van der Waals surface area contributed by atoms with Crippen LogP contribution in [0.5, 0.6) is 0 Å². The topological polar surface area (TPSA) is 21.3 Å². The van der Waals surface area contributed by atoms with E-state index in [1.807, 2.05) is 0 Å². The molecule has 2 nitrogen and oxygen atoms in total. The van der Waals surface area contributed by atoms with Crippen molar-refractivity contribution in [3.8, 4) is 0 Å². The Morgan fingerprint density at radius 3 is 2.33 bits per heavy atom. The Morgan fingerprint density at radius 1 is 1.10 bits per heavy atom. The van der Waals surface area contributed by atoms with Crippen LogP contribution in [0.25, 0.3) is 0 Å². The van der Waals surface area contributed by atoms with Crippen molar-refractivity contribution in [3.63, 3.8) is 0 Å². The van der Waals surface area contributed by atoms with E-state index in [9.17, 15) is 26.3 Å². The van der Waals surface area contributed by atoms with Gasteiger partial charge in [0.15, 0.2) is 0 Å². The van der Waals surface area contributed by atoms with Gasteiger partial charge in [0.2, 0.25) is 0 Å². The van der Waals surface area contributed by atoms with Gasteiger partial charge in [0.1, 0.15) is 6.61 Å². The number of halogens is 7. The minimum Gasteiger partial charge on any atom is -0.384 e. The smallest absolute Gasteiger partial charge is 0.384 e. The molecule has 0 saturated carbocycles. The van der Waals surface area contributed by atoms with Crippen LogP contribution in [0.4, 0.5) is 32.0 Å². The molecule has 1 aromatic carbocycles. The predicted octanol–water partition coefficient (Wildman–Crippen LogP) is 4.74. The molecule has 1 aromatic rings. The third-order valence-corrected chi connectivity index (χ3v) is 2.57. The lowest BCUT2D eigenvalue weighted by Crippen LogP contribution is -2.18. The molecule has 120 valence electrons. The van der Waals surface area contributed by atoms with Gasteiger partial charge in [-0.1, -0.05) is 11.6 Å². The summed E-state index contributed by atoms with van der Waals surface area (Å²) in [6, 6.07) is 3.24. The number of hydrogen-bond donors (Lipinski definition) is 1. The molecule has 0 fully saturated rings. The van der Waals surface area contributed by atoms with Crippen LogP contribution in [-0.2, 0) is 10.9 Å². The van der Waals surface area contributed by atoms with E-state index in [1.165, 1.54) is 12.1 Å². The fraction of sp³-hybridized carbons (Fsp3) is 0.500. The minimum atomic E-state index is -4.57. The van der Waals surface area contributed by atoms with E-state index < -0.39 is 24.5 Å². The van der Waals surface area contributed by atoms with Crippen LogP contribution in [0.3, 0.4) is 0 Å². The Balaban J connectivity index is 2.46. The normalized spacial score (nSPS) is 12.5. The van der Waals surface area contributed by atoms with Crippen molar-refractivity contribution in [2.45, 2.75) is 18.8 Å². The van der Waals surface area contributed by atoms with Crippen LogP contribution in [0, 0.1) is 0 Å². The Labute approximate surface area is 122 Å². The van der Waals surface area contributed by atoms with Crippen LogP contribution in [0.1, 0.15) is 12.0 Å². The Hall–Kier alpha value is -1.15. The average Bonchev–Trinajstić information content (AvgIpc) is 2.32. The van der Waals surface area contributed by atoms with Crippen LogP contribution >= 0.6 is 11.6 Å². The molecule has 0 aromatic heterocycles. The summed E-state index contributed by atoms with van der Waals surface area (Å²) < 4.78 is 77.9. The highest BCUT2D eigenvalue weighted by Gasteiger charge is 2.33. The standard InChI is InChI=1S/C12H12ClF6NO/c13-8-2-3-10(9(6-8)12(17,18)19)20-4-1-5-21-7-11(14,15)16/h2-3,6,20H,1,4-5,7H2. The molecule has 0 heterocycles. The van der Waals surface area contributed by atoms with E-state index in [2.05, 4.69) is 10.1 Å². The molecule has 0 radical (unpaired) electrons. The van der Waals surface area contributed by atoms with Gasteiger partial charge >= 0.3 is 12.4 Å². The molecule has 1 N–H and O–H groups in total. The number of ether oxygens (including phenoxy) is 1. The van der Waals surface area contributed by atoms with E-state index >= 15 is 0 Å². The highest BCUT2D eigenvalue weighted by Crippen LogP contribution is 2.36. The number of rotatable bonds is 6. The molecular weight excluding hydrogens is 324 g/mol. The minimum absolute atomic E-state index is 0.0442. The third-order valence-electron chi connectivity index (χ3n) is 2.33. The van der Waals surface area contributed by atoms with Gasteiger partial charge in [-0.25, -0.2) is 0 Å². The van der Waals surface area contributed by atoms with Gasteiger partial charge in [-0.15, -0.1) is 0 Å². The zero-order chi connectivity index (χ0) is 16.1. The molecule has 0 aliphatic carbocycles. The maximum atomic E-state index is 12.7. The first-order valence-corrected chi connectivity index (χ1v) is 6.22. The summed E-state index contributed by atoms with van der Waals surface area (Å²) >= 11 is 5.51. The molecular formula is C12H12ClF6NO. The zero-order valence-electron chi connectivity index (χ0n) is 10.6. The quantitative estimate of drug-likeness (QED) is 0.599. The average molecular weight is 336 g/mol. The Bertz CT molecular complexity index is 460. The van der Waals surface area contributed by atoms with Crippen molar-refractivity contribution >= 4 is 17.3 Å². The van der Waals surface area contributed by atoms with Crippen LogP contribution < -0.4 is 5.32 Å². The van der Waals surface area contributed by atoms with Gasteiger partial charge in [0.25, 0.3) is 0 Å². The second-order valence-electron chi connectivity index (χ2n) is 4.14. The van der Waals surface area contributed by atoms with E-state index in [-0.39, 0.29) is 30.3 Å². The van der Waals surface area contributed by atoms with Gasteiger partial charge in [0.05, 0.1) is 5.56 Å². The fourth-order valence-corrected chi connectivity index (χ4v) is 1.66. The van der Waals surface area contributed by atoms with Crippen molar-refractivity contribution in [2.75, 3.05) is 25.1 Å². The van der Waals surface area contributed by atoms with Gasteiger partial charge in [-0.05, 0) is 24.6 Å². The molecule has 0 aliphatic heterocycles. The summed E-state index contributed by atoms with van der Waals surface area (Å²) in [7, 11) is 0. The Kier molecular flexibility index (Phi) is 6.15. The van der Waals surface area contributed by atoms with E-state index in [0.717, 1.165) is 6.07 Å². The number of benzene rings is 1. The van der Waals surface area contributed by atoms with Gasteiger partial charge in [0, 0.05) is 23.9 Å². The summed E-state index contributed by atoms with van der Waals surface area (Å²) in [6.07, 6.45) is -8.84. The van der Waals surface area contributed by atoms with Gasteiger partial charge in [-0.2, -0.15) is 26.3 Å². The molecule has 0 unspecified atom stereocenters. The van der Waals surface area contributed by atoms with Crippen LogP contribution in [0.15, 0.2) is 18.2 Å². The molecule has 0 amide bonds. The highest BCUT2D eigenvalue weighted by molar-refractivity contribution is 6.30. The van der Waals surface area contributed by atoms with Crippen LogP contribution in [0.2, 0.25) is 5.02 Å². The molecule has 0 spiro atoms. The maximum absolute atomic E-state index is 12.7. The predicted molar refractivity (Wildman–Crippen MR) is 66.4 cm³/mol. The summed E-state index contributed by atoms with van der Waals surface area (Å²) in [4.78, 5) is 0. The molecule has 0 saturated heterocycles. The van der Waals surface area contributed by atoms with Crippen molar-refractivity contribution in [1.82, 2.24) is 0 Å². The van der Waals surface area contributed by atoms with E-state index in [0.29, 0.717) is 0 Å². The largest absolute Gasteiger partial charge is 0.418 e. The molecule has 21 heavy (non-hydrogen) atoms. The lowest BCUT2D eigenvalue weighted by molar-refractivity contribution is -0.173. The molecule has 0 aliphatic rings. The first-order valence-electron chi connectivity index (χ1n) is 5.85.